The number of hydrogen-bond acceptors (Lipinski definition) is 5. The van der Waals surface area contributed by atoms with Gasteiger partial charge in [0.1, 0.15) is 5.75 Å². The molecule has 0 unspecified atom stereocenters. The van der Waals surface area contributed by atoms with E-state index in [1.165, 1.54) is 6.92 Å². The predicted molar refractivity (Wildman–Crippen MR) is 119 cm³/mol. The highest BCUT2D eigenvalue weighted by atomic mass is 16.5. The highest BCUT2D eigenvalue weighted by Gasteiger charge is 2.19. The molecule has 7 heteroatoms. The molecule has 160 valence electrons. The number of carbonyl (C=O) groups is 2. The minimum atomic E-state index is -0.142. The lowest BCUT2D eigenvalue weighted by Crippen LogP contribution is -2.44. The fraction of sp³-hybridized carbons (Fsp3) is 0.391. The zero-order valence-electron chi connectivity index (χ0n) is 17.6. The van der Waals surface area contributed by atoms with Crippen LogP contribution in [-0.4, -0.2) is 51.1 Å². The topological polar surface area (TPSA) is 82.7 Å². The van der Waals surface area contributed by atoms with E-state index in [-0.39, 0.29) is 11.8 Å². The first-order chi connectivity index (χ1) is 14.5. The lowest BCUT2D eigenvalue weighted by molar-refractivity contribution is -0.118. The number of methoxy groups -OCH3 is 1. The van der Waals surface area contributed by atoms with Crippen LogP contribution in [0, 0.1) is 0 Å². The maximum atomic E-state index is 12.4. The lowest BCUT2D eigenvalue weighted by atomic mass is 10.0. The summed E-state index contributed by atoms with van der Waals surface area (Å²) in [5, 5.41) is 9.24. The van der Waals surface area contributed by atoms with E-state index in [0.29, 0.717) is 18.2 Å². The molecular formula is C23H30N4O3. The van der Waals surface area contributed by atoms with Gasteiger partial charge in [0.15, 0.2) is 0 Å². The molecule has 0 bridgehead atoms. The SMILES string of the molecule is COc1ccc(C(=O)Nc2ccc(N3CCC(NCCNC(C)=O)CC3)cc2)cc1. The smallest absolute Gasteiger partial charge is 0.255 e. The summed E-state index contributed by atoms with van der Waals surface area (Å²) in [6.07, 6.45) is 2.13. The molecule has 1 aliphatic heterocycles. The molecule has 0 spiro atoms. The third kappa shape index (κ3) is 6.22. The second kappa shape index (κ2) is 10.6. The van der Waals surface area contributed by atoms with Gasteiger partial charge in [-0.1, -0.05) is 0 Å². The summed E-state index contributed by atoms with van der Waals surface area (Å²) < 4.78 is 5.12. The van der Waals surface area contributed by atoms with Gasteiger partial charge in [-0.2, -0.15) is 0 Å². The Morgan fingerprint density at radius 1 is 1.00 bits per heavy atom. The number of rotatable bonds is 8. The number of benzene rings is 2. The fourth-order valence-corrected chi connectivity index (χ4v) is 3.56. The first-order valence-corrected chi connectivity index (χ1v) is 10.3. The number of amides is 2. The van der Waals surface area contributed by atoms with E-state index in [1.807, 2.05) is 24.3 Å². The van der Waals surface area contributed by atoms with E-state index in [9.17, 15) is 9.59 Å². The number of anilines is 2. The van der Waals surface area contributed by atoms with Crippen molar-refractivity contribution in [2.45, 2.75) is 25.8 Å². The van der Waals surface area contributed by atoms with Gasteiger partial charge >= 0.3 is 0 Å². The summed E-state index contributed by atoms with van der Waals surface area (Å²) in [6.45, 7) is 4.96. The summed E-state index contributed by atoms with van der Waals surface area (Å²) in [5.74, 6) is 0.592. The molecule has 3 rings (SSSR count). The minimum absolute atomic E-state index is 0.00950. The Morgan fingerprint density at radius 3 is 2.27 bits per heavy atom. The predicted octanol–water partition coefficient (Wildman–Crippen LogP) is 2.64. The molecule has 0 saturated carbocycles. The molecular weight excluding hydrogens is 380 g/mol. The second-order valence-corrected chi connectivity index (χ2v) is 7.43. The van der Waals surface area contributed by atoms with Crippen LogP contribution < -0.4 is 25.6 Å². The van der Waals surface area contributed by atoms with Crippen LogP contribution in [0.15, 0.2) is 48.5 Å². The van der Waals surface area contributed by atoms with Crippen LogP contribution in [-0.2, 0) is 4.79 Å². The number of carbonyl (C=O) groups excluding carboxylic acids is 2. The number of ether oxygens (including phenoxy) is 1. The van der Waals surface area contributed by atoms with E-state index < -0.39 is 0 Å². The molecule has 2 amide bonds. The maximum absolute atomic E-state index is 12.4. The monoisotopic (exact) mass is 410 g/mol. The van der Waals surface area contributed by atoms with Gasteiger partial charge in [0.05, 0.1) is 7.11 Å². The molecule has 2 aromatic carbocycles. The molecule has 7 nitrogen and oxygen atoms in total. The van der Waals surface area contributed by atoms with Crippen molar-refractivity contribution < 1.29 is 14.3 Å². The molecule has 1 aliphatic rings. The zero-order valence-corrected chi connectivity index (χ0v) is 17.6. The molecule has 1 heterocycles. The molecule has 30 heavy (non-hydrogen) atoms. The summed E-state index contributed by atoms with van der Waals surface area (Å²) in [6, 6.07) is 15.5. The molecule has 0 aliphatic carbocycles. The van der Waals surface area contributed by atoms with E-state index in [2.05, 4.69) is 20.9 Å². The Labute approximate surface area is 177 Å². The van der Waals surface area contributed by atoms with Crippen molar-refractivity contribution in [3.63, 3.8) is 0 Å². The Morgan fingerprint density at radius 2 is 1.67 bits per heavy atom. The average molecular weight is 411 g/mol. The van der Waals surface area contributed by atoms with E-state index in [0.717, 1.165) is 49.6 Å². The van der Waals surface area contributed by atoms with E-state index in [1.54, 1.807) is 31.4 Å². The van der Waals surface area contributed by atoms with Gasteiger partial charge in [-0.15, -0.1) is 0 Å². The highest BCUT2D eigenvalue weighted by Crippen LogP contribution is 2.22. The lowest BCUT2D eigenvalue weighted by Gasteiger charge is -2.34. The Kier molecular flexibility index (Phi) is 7.68. The van der Waals surface area contributed by atoms with Crippen molar-refractivity contribution >= 4 is 23.2 Å². The Balaban J connectivity index is 1.45. The van der Waals surface area contributed by atoms with Crippen molar-refractivity contribution in [3.05, 3.63) is 54.1 Å². The van der Waals surface area contributed by atoms with Gasteiger partial charge in [0.2, 0.25) is 5.91 Å². The van der Waals surface area contributed by atoms with Crippen LogP contribution in [0.4, 0.5) is 11.4 Å². The van der Waals surface area contributed by atoms with Crippen LogP contribution in [0.2, 0.25) is 0 Å². The minimum Gasteiger partial charge on any atom is -0.497 e. The standard InChI is InChI=1S/C23H30N4O3/c1-17(28)24-13-14-25-19-11-15-27(16-12-19)21-7-5-20(6-8-21)26-23(29)18-3-9-22(30-2)10-4-18/h3-10,19,25H,11-16H2,1-2H3,(H,24,28)(H,26,29). The summed E-state index contributed by atoms with van der Waals surface area (Å²) in [7, 11) is 1.60. The maximum Gasteiger partial charge on any atom is 0.255 e. The van der Waals surface area contributed by atoms with Crippen molar-refractivity contribution in [1.29, 1.82) is 0 Å². The van der Waals surface area contributed by atoms with Crippen LogP contribution >= 0.6 is 0 Å². The molecule has 1 saturated heterocycles. The Hall–Kier alpha value is -3.06. The highest BCUT2D eigenvalue weighted by molar-refractivity contribution is 6.04. The third-order valence-corrected chi connectivity index (χ3v) is 5.27. The number of hydrogen-bond donors (Lipinski definition) is 3. The van der Waals surface area contributed by atoms with Gasteiger partial charge < -0.3 is 25.6 Å². The van der Waals surface area contributed by atoms with E-state index >= 15 is 0 Å². The molecule has 0 aromatic heterocycles. The van der Waals surface area contributed by atoms with Gasteiger partial charge in [-0.3, -0.25) is 9.59 Å². The number of piperidine rings is 1. The van der Waals surface area contributed by atoms with E-state index in [4.69, 9.17) is 4.74 Å². The van der Waals surface area contributed by atoms with Crippen LogP contribution in [0.3, 0.4) is 0 Å². The normalized spacial score (nSPS) is 14.3. The molecule has 1 fully saturated rings. The fourth-order valence-electron chi connectivity index (χ4n) is 3.56. The third-order valence-electron chi connectivity index (χ3n) is 5.27. The van der Waals surface area contributed by atoms with Crippen molar-refractivity contribution in [3.8, 4) is 5.75 Å². The first-order valence-electron chi connectivity index (χ1n) is 10.3. The summed E-state index contributed by atoms with van der Waals surface area (Å²) in [4.78, 5) is 25.7. The first kappa shape index (κ1) is 21.6. The van der Waals surface area contributed by atoms with Crippen LogP contribution in [0.1, 0.15) is 30.1 Å². The number of nitrogens with zero attached hydrogens (tertiary/aromatic N) is 1. The molecule has 0 radical (unpaired) electrons. The molecule has 0 atom stereocenters. The summed E-state index contributed by atoms with van der Waals surface area (Å²) >= 11 is 0. The zero-order chi connectivity index (χ0) is 21.3. The number of nitrogens with one attached hydrogen (secondary N) is 3. The largest absolute Gasteiger partial charge is 0.497 e. The van der Waals surface area contributed by atoms with Gasteiger partial charge in [0, 0.05) is 56.1 Å². The van der Waals surface area contributed by atoms with Gasteiger partial charge in [-0.25, -0.2) is 0 Å². The van der Waals surface area contributed by atoms with Crippen molar-refractivity contribution in [2.75, 3.05) is 43.5 Å². The van der Waals surface area contributed by atoms with Crippen LogP contribution in [0.25, 0.3) is 0 Å². The summed E-state index contributed by atoms with van der Waals surface area (Å²) in [5.41, 5.74) is 2.52. The van der Waals surface area contributed by atoms with Crippen molar-refractivity contribution in [2.24, 2.45) is 0 Å². The second-order valence-electron chi connectivity index (χ2n) is 7.43. The Bertz CT molecular complexity index is 829. The molecule has 3 N–H and O–H groups in total. The average Bonchev–Trinajstić information content (AvgIpc) is 2.77. The van der Waals surface area contributed by atoms with Crippen LogP contribution in [0.5, 0.6) is 5.75 Å². The van der Waals surface area contributed by atoms with Gasteiger partial charge in [-0.05, 0) is 61.4 Å². The van der Waals surface area contributed by atoms with Gasteiger partial charge in [0.25, 0.3) is 5.91 Å². The molecule has 2 aromatic rings. The quantitative estimate of drug-likeness (QED) is 0.583. The van der Waals surface area contributed by atoms with Crippen molar-refractivity contribution in [1.82, 2.24) is 10.6 Å².